The summed E-state index contributed by atoms with van der Waals surface area (Å²) in [5, 5.41) is 0. The number of imidazole rings is 1. The molecule has 4 nitrogen and oxygen atoms in total. The van der Waals surface area contributed by atoms with E-state index >= 15 is 0 Å². The highest BCUT2D eigenvalue weighted by atomic mass is 16.5. The van der Waals surface area contributed by atoms with Crippen LogP contribution in [-0.2, 0) is 17.7 Å². The van der Waals surface area contributed by atoms with E-state index in [0.29, 0.717) is 13.2 Å². The van der Waals surface area contributed by atoms with Crippen LogP contribution in [0.2, 0.25) is 0 Å². The van der Waals surface area contributed by atoms with Gasteiger partial charge < -0.3 is 15.0 Å². The van der Waals surface area contributed by atoms with Gasteiger partial charge in [0.15, 0.2) is 0 Å². The average Bonchev–Trinajstić information content (AvgIpc) is 2.81. The van der Waals surface area contributed by atoms with Crippen LogP contribution in [0.3, 0.4) is 0 Å². The number of hydrogen-bond acceptors (Lipinski definition) is 3. The second-order valence-corrected chi connectivity index (χ2v) is 4.13. The van der Waals surface area contributed by atoms with Gasteiger partial charge in [-0.15, -0.1) is 0 Å². The molecule has 0 aliphatic heterocycles. The maximum absolute atomic E-state index is 5.62. The van der Waals surface area contributed by atoms with E-state index in [2.05, 4.69) is 27.9 Å². The Morgan fingerprint density at radius 2 is 2.06 bits per heavy atom. The van der Waals surface area contributed by atoms with Gasteiger partial charge in [0, 0.05) is 31.8 Å². The van der Waals surface area contributed by atoms with Crippen LogP contribution in [0.4, 0.5) is 0 Å². The zero-order chi connectivity index (χ0) is 12.8. The van der Waals surface area contributed by atoms with Gasteiger partial charge in [0.1, 0.15) is 5.82 Å². The molecule has 0 aliphatic carbocycles. The molecule has 0 atom stereocenters. The monoisotopic (exact) mass is 245 g/mol. The fourth-order valence-electron chi connectivity index (χ4n) is 1.91. The smallest absolute Gasteiger partial charge is 0.110 e. The Morgan fingerprint density at radius 3 is 2.72 bits per heavy atom. The van der Waals surface area contributed by atoms with Crippen LogP contribution < -0.4 is 5.73 Å². The van der Waals surface area contributed by atoms with E-state index in [1.165, 1.54) is 0 Å². The largest absolute Gasteiger partial charge is 0.383 e. The third-order valence-corrected chi connectivity index (χ3v) is 2.83. The molecule has 18 heavy (non-hydrogen) atoms. The molecule has 0 fully saturated rings. The first-order valence-electron chi connectivity index (χ1n) is 6.15. The Morgan fingerprint density at radius 1 is 1.28 bits per heavy atom. The van der Waals surface area contributed by atoms with Gasteiger partial charge in [-0.1, -0.05) is 30.3 Å². The van der Waals surface area contributed by atoms with Gasteiger partial charge in [0.05, 0.1) is 12.3 Å². The summed E-state index contributed by atoms with van der Waals surface area (Å²) < 4.78 is 7.24. The van der Waals surface area contributed by atoms with Crippen LogP contribution in [0.25, 0.3) is 11.3 Å². The first-order valence-corrected chi connectivity index (χ1v) is 6.15. The van der Waals surface area contributed by atoms with Crippen LogP contribution in [0.5, 0.6) is 0 Å². The molecule has 1 aromatic carbocycles. The van der Waals surface area contributed by atoms with Crippen LogP contribution in [0.1, 0.15) is 5.82 Å². The molecular formula is C14H19N3O. The molecule has 0 radical (unpaired) electrons. The van der Waals surface area contributed by atoms with Crippen molar-refractivity contribution >= 4 is 0 Å². The fraction of sp³-hybridized carbons (Fsp3) is 0.357. The second kappa shape index (κ2) is 6.33. The zero-order valence-corrected chi connectivity index (χ0v) is 10.7. The molecule has 1 heterocycles. The second-order valence-electron chi connectivity index (χ2n) is 4.13. The Kier molecular flexibility index (Phi) is 4.50. The molecule has 0 spiro atoms. The third-order valence-electron chi connectivity index (χ3n) is 2.83. The highest BCUT2D eigenvalue weighted by Gasteiger charge is 2.08. The molecule has 0 bridgehead atoms. The van der Waals surface area contributed by atoms with Crippen molar-refractivity contribution in [1.82, 2.24) is 9.55 Å². The maximum atomic E-state index is 5.62. The van der Waals surface area contributed by atoms with E-state index < -0.39 is 0 Å². The van der Waals surface area contributed by atoms with Crippen molar-refractivity contribution in [3.8, 4) is 11.3 Å². The normalized spacial score (nSPS) is 10.8. The number of nitrogens with two attached hydrogens (primary N) is 1. The standard InChI is InChI=1S/C14H19N3O/c1-18-10-9-17-11-13(16-14(17)7-8-15)12-5-3-2-4-6-12/h2-6,11H,7-10,15H2,1H3. The van der Waals surface area contributed by atoms with E-state index in [0.717, 1.165) is 30.0 Å². The summed E-state index contributed by atoms with van der Waals surface area (Å²) in [6.45, 7) is 2.10. The Hall–Kier alpha value is -1.65. The van der Waals surface area contributed by atoms with Crippen molar-refractivity contribution in [3.63, 3.8) is 0 Å². The predicted octanol–water partition coefficient (Wildman–Crippen LogP) is 1.70. The lowest BCUT2D eigenvalue weighted by Gasteiger charge is -2.05. The molecule has 0 unspecified atom stereocenters. The molecule has 0 saturated heterocycles. The number of nitrogens with zero attached hydrogens (tertiary/aromatic N) is 2. The highest BCUT2D eigenvalue weighted by molar-refractivity contribution is 5.58. The average molecular weight is 245 g/mol. The maximum Gasteiger partial charge on any atom is 0.110 e. The first kappa shape index (κ1) is 12.8. The number of benzene rings is 1. The molecule has 2 aromatic rings. The minimum Gasteiger partial charge on any atom is -0.383 e. The minimum absolute atomic E-state index is 0.609. The number of aromatic nitrogens is 2. The van der Waals surface area contributed by atoms with E-state index in [-0.39, 0.29) is 0 Å². The summed E-state index contributed by atoms with van der Waals surface area (Å²) in [6, 6.07) is 10.2. The first-order chi connectivity index (χ1) is 8.85. The molecule has 0 amide bonds. The van der Waals surface area contributed by atoms with Crippen molar-refractivity contribution in [2.45, 2.75) is 13.0 Å². The summed E-state index contributed by atoms with van der Waals surface area (Å²) in [5.41, 5.74) is 7.75. The SMILES string of the molecule is COCCn1cc(-c2ccccc2)nc1CCN. The summed E-state index contributed by atoms with van der Waals surface area (Å²) in [7, 11) is 1.71. The minimum atomic E-state index is 0.609. The van der Waals surface area contributed by atoms with Crippen molar-refractivity contribution in [2.75, 3.05) is 20.3 Å². The summed E-state index contributed by atoms with van der Waals surface area (Å²) in [6.07, 6.45) is 2.86. The van der Waals surface area contributed by atoms with Gasteiger partial charge in [-0.3, -0.25) is 0 Å². The Balaban J connectivity index is 2.27. The van der Waals surface area contributed by atoms with Crippen LogP contribution >= 0.6 is 0 Å². The summed E-state index contributed by atoms with van der Waals surface area (Å²) >= 11 is 0. The molecule has 96 valence electrons. The molecule has 2 rings (SSSR count). The van der Waals surface area contributed by atoms with E-state index in [1.807, 2.05) is 18.2 Å². The summed E-state index contributed by atoms with van der Waals surface area (Å²) in [5.74, 6) is 1.02. The zero-order valence-electron chi connectivity index (χ0n) is 10.7. The van der Waals surface area contributed by atoms with Gasteiger partial charge in [-0.25, -0.2) is 4.98 Å². The van der Waals surface area contributed by atoms with E-state index in [4.69, 9.17) is 10.5 Å². The molecule has 4 heteroatoms. The third kappa shape index (κ3) is 2.97. The van der Waals surface area contributed by atoms with Gasteiger partial charge in [0.25, 0.3) is 0 Å². The Bertz CT molecular complexity index is 479. The van der Waals surface area contributed by atoms with Crippen molar-refractivity contribution in [3.05, 3.63) is 42.4 Å². The van der Waals surface area contributed by atoms with Crippen LogP contribution in [-0.4, -0.2) is 29.8 Å². The van der Waals surface area contributed by atoms with Crippen LogP contribution in [0, 0.1) is 0 Å². The van der Waals surface area contributed by atoms with Gasteiger partial charge in [-0.2, -0.15) is 0 Å². The number of methoxy groups -OCH3 is 1. The van der Waals surface area contributed by atoms with E-state index in [9.17, 15) is 0 Å². The molecular weight excluding hydrogens is 226 g/mol. The summed E-state index contributed by atoms with van der Waals surface area (Å²) in [4.78, 5) is 4.65. The number of hydrogen-bond donors (Lipinski definition) is 1. The topological polar surface area (TPSA) is 53.1 Å². The molecule has 0 aliphatic rings. The van der Waals surface area contributed by atoms with Crippen molar-refractivity contribution < 1.29 is 4.74 Å². The number of rotatable bonds is 6. The molecule has 0 saturated carbocycles. The lowest BCUT2D eigenvalue weighted by atomic mass is 10.2. The van der Waals surface area contributed by atoms with Gasteiger partial charge >= 0.3 is 0 Å². The predicted molar refractivity (Wildman–Crippen MR) is 72.3 cm³/mol. The van der Waals surface area contributed by atoms with Gasteiger partial charge in [0.2, 0.25) is 0 Å². The number of ether oxygens (including phenoxy) is 1. The van der Waals surface area contributed by atoms with Crippen molar-refractivity contribution in [1.29, 1.82) is 0 Å². The lowest BCUT2D eigenvalue weighted by molar-refractivity contribution is 0.186. The quantitative estimate of drug-likeness (QED) is 0.842. The molecule has 2 N–H and O–H groups in total. The van der Waals surface area contributed by atoms with Gasteiger partial charge in [-0.05, 0) is 6.54 Å². The lowest BCUT2D eigenvalue weighted by Crippen LogP contribution is -2.11. The van der Waals surface area contributed by atoms with Crippen molar-refractivity contribution in [2.24, 2.45) is 5.73 Å². The van der Waals surface area contributed by atoms with E-state index in [1.54, 1.807) is 7.11 Å². The fourth-order valence-corrected chi connectivity index (χ4v) is 1.91. The molecule has 1 aromatic heterocycles. The Labute approximate surface area is 107 Å². The van der Waals surface area contributed by atoms with Crippen LogP contribution in [0.15, 0.2) is 36.5 Å². The highest BCUT2D eigenvalue weighted by Crippen LogP contribution is 2.18.